The van der Waals surface area contributed by atoms with Crippen molar-refractivity contribution in [3.05, 3.63) is 34.4 Å². The number of esters is 1. The first-order valence-corrected chi connectivity index (χ1v) is 7.37. The smallest absolute Gasteiger partial charge is 0.322 e. The molecule has 4 heteroatoms. The summed E-state index contributed by atoms with van der Waals surface area (Å²) in [4.78, 5) is 25.2. The van der Waals surface area contributed by atoms with Crippen molar-refractivity contribution in [2.45, 2.75) is 45.1 Å². The zero-order valence-corrected chi connectivity index (χ0v) is 12.7. The van der Waals surface area contributed by atoms with Crippen molar-refractivity contribution < 1.29 is 19.1 Å². The second-order valence-corrected chi connectivity index (χ2v) is 6.18. The van der Waals surface area contributed by atoms with Gasteiger partial charge >= 0.3 is 5.97 Å². The van der Waals surface area contributed by atoms with Crippen LogP contribution < -0.4 is 0 Å². The third-order valence-electron chi connectivity index (χ3n) is 4.47. The first kappa shape index (κ1) is 14.3. The van der Waals surface area contributed by atoms with Crippen LogP contribution in [0.15, 0.2) is 12.1 Å². The van der Waals surface area contributed by atoms with Crippen LogP contribution >= 0.6 is 0 Å². The molecular weight excluding hydrogens is 268 g/mol. The van der Waals surface area contributed by atoms with Crippen molar-refractivity contribution in [2.24, 2.45) is 0 Å². The van der Waals surface area contributed by atoms with E-state index in [2.05, 4.69) is 0 Å². The Morgan fingerprint density at radius 1 is 1.14 bits per heavy atom. The summed E-state index contributed by atoms with van der Waals surface area (Å²) in [6, 6.07) is 4.01. The van der Waals surface area contributed by atoms with Crippen LogP contribution in [0, 0.1) is 20.8 Å². The number of benzene rings is 1. The van der Waals surface area contributed by atoms with E-state index in [-0.39, 0.29) is 12.4 Å². The topological polar surface area (TPSA) is 52.6 Å². The molecule has 0 aliphatic carbocycles. The SMILES string of the molecule is Cc1cc(C)c(C2C(=O)OC3(CCCOC3)C2=O)c(C)c1. The molecule has 1 aromatic carbocycles. The van der Waals surface area contributed by atoms with E-state index in [0.29, 0.717) is 13.0 Å². The second-order valence-electron chi connectivity index (χ2n) is 6.18. The van der Waals surface area contributed by atoms with Crippen LogP contribution in [0.5, 0.6) is 0 Å². The van der Waals surface area contributed by atoms with Gasteiger partial charge in [0.1, 0.15) is 5.92 Å². The van der Waals surface area contributed by atoms with E-state index in [1.165, 1.54) is 0 Å². The fraction of sp³-hybridized carbons (Fsp3) is 0.529. The van der Waals surface area contributed by atoms with E-state index in [4.69, 9.17) is 9.47 Å². The highest BCUT2D eigenvalue weighted by Gasteiger charge is 2.57. The molecule has 3 rings (SSSR count). The summed E-state index contributed by atoms with van der Waals surface area (Å²) in [7, 11) is 0. The molecule has 1 aromatic rings. The molecule has 2 aliphatic rings. The van der Waals surface area contributed by atoms with Crippen LogP contribution in [0.4, 0.5) is 0 Å². The van der Waals surface area contributed by atoms with Gasteiger partial charge in [-0.05, 0) is 50.3 Å². The average Bonchev–Trinajstić information content (AvgIpc) is 2.63. The molecule has 2 heterocycles. The Labute approximate surface area is 124 Å². The highest BCUT2D eigenvalue weighted by molar-refractivity contribution is 6.14. The summed E-state index contributed by atoms with van der Waals surface area (Å²) < 4.78 is 10.9. The molecule has 0 aromatic heterocycles. The van der Waals surface area contributed by atoms with Gasteiger partial charge in [-0.2, -0.15) is 0 Å². The lowest BCUT2D eigenvalue weighted by molar-refractivity contribution is -0.164. The number of Topliss-reactive ketones (excluding diaryl/α,β-unsaturated/α-hetero) is 1. The maximum Gasteiger partial charge on any atom is 0.322 e. The molecule has 21 heavy (non-hydrogen) atoms. The molecule has 0 bridgehead atoms. The number of carbonyl (C=O) groups excluding carboxylic acids is 2. The lowest BCUT2D eigenvalue weighted by Gasteiger charge is -2.29. The van der Waals surface area contributed by atoms with Crippen LogP contribution in [-0.2, 0) is 19.1 Å². The minimum absolute atomic E-state index is 0.137. The minimum atomic E-state index is -1.05. The Morgan fingerprint density at radius 2 is 1.81 bits per heavy atom. The summed E-state index contributed by atoms with van der Waals surface area (Å²) in [6.45, 7) is 6.71. The normalized spacial score (nSPS) is 29.0. The fourth-order valence-corrected chi connectivity index (χ4v) is 3.61. The number of rotatable bonds is 1. The van der Waals surface area contributed by atoms with E-state index in [0.717, 1.165) is 28.7 Å². The molecule has 0 radical (unpaired) electrons. The van der Waals surface area contributed by atoms with E-state index in [9.17, 15) is 9.59 Å². The van der Waals surface area contributed by atoms with Crippen molar-refractivity contribution in [3.63, 3.8) is 0 Å². The Bertz CT molecular complexity index is 588. The van der Waals surface area contributed by atoms with Gasteiger partial charge in [0, 0.05) is 6.61 Å². The highest BCUT2D eigenvalue weighted by atomic mass is 16.6. The first-order valence-electron chi connectivity index (χ1n) is 7.37. The quantitative estimate of drug-likeness (QED) is 0.588. The third kappa shape index (κ3) is 2.18. The predicted molar refractivity (Wildman–Crippen MR) is 77.3 cm³/mol. The standard InChI is InChI=1S/C17H20O4/c1-10-7-11(2)13(12(3)8-10)14-15(18)17(21-16(14)19)5-4-6-20-9-17/h7-8,14H,4-6,9H2,1-3H3. The summed E-state index contributed by atoms with van der Waals surface area (Å²) >= 11 is 0. The van der Waals surface area contributed by atoms with Crippen molar-refractivity contribution >= 4 is 11.8 Å². The van der Waals surface area contributed by atoms with Gasteiger partial charge in [-0.15, -0.1) is 0 Å². The molecule has 1 spiro atoms. The summed E-state index contributed by atoms with van der Waals surface area (Å²) in [5.74, 6) is -1.37. The van der Waals surface area contributed by atoms with Crippen molar-refractivity contribution in [3.8, 4) is 0 Å². The van der Waals surface area contributed by atoms with E-state index in [1.807, 2.05) is 32.9 Å². The van der Waals surface area contributed by atoms with Gasteiger partial charge in [0.15, 0.2) is 11.4 Å². The molecule has 0 saturated carbocycles. The Balaban J connectivity index is 2.04. The average molecular weight is 288 g/mol. The number of hydrogen-bond acceptors (Lipinski definition) is 4. The lowest BCUT2D eigenvalue weighted by atomic mass is 9.81. The number of ether oxygens (including phenoxy) is 2. The van der Waals surface area contributed by atoms with Crippen LogP contribution in [-0.4, -0.2) is 30.6 Å². The van der Waals surface area contributed by atoms with Gasteiger partial charge in [0.2, 0.25) is 0 Å². The Hall–Kier alpha value is -1.68. The van der Waals surface area contributed by atoms with Gasteiger partial charge in [-0.1, -0.05) is 17.7 Å². The Kier molecular flexibility index (Phi) is 3.36. The molecule has 2 aliphatic heterocycles. The van der Waals surface area contributed by atoms with Crippen molar-refractivity contribution in [1.29, 1.82) is 0 Å². The van der Waals surface area contributed by atoms with Crippen molar-refractivity contribution in [2.75, 3.05) is 13.2 Å². The van der Waals surface area contributed by atoms with Gasteiger partial charge in [-0.3, -0.25) is 9.59 Å². The molecular formula is C17H20O4. The minimum Gasteiger partial charge on any atom is -0.448 e. The van der Waals surface area contributed by atoms with Gasteiger partial charge < -0.3 is 9.47 Å². The van der Waals surface area contributed by atoms with Crippen LogP contribution in [0.2, 0.25) is 0 Å². The molecule has 2 unspecified atom stereocenters. The molecule has 2 fully saturated rings. The zero-order chi connectivity index (χ0) is 15.2. The molecule has 0 N–H and O–H groups in total. The van der Waals surface area contributed by atoms with E-state index >= 15 is 0 Å². The first-order chi connectivity index (χ1) is 9.94. The zero-order valence-electron chi connectivity index (χ0n) is 12.7. The van der Waals surface area contributed by atoms with E-state index in [1.54, 1.807) is 0 Å². The van der Waals surface area contributed by atoms with Crippen LogP contribution in [0.25, 0.3) is 0 Å². The second kappa shape index (κ2) is 4.95. The van der Waals surface area contributed by atoms with Gasteiger partial charge in [0.05, 0.1) is 6.61 Å². The summed E-state index contributed by atoms with van der Waals surface area (Å²) in [6.07, 6.45) is 1.32. The van der Waals surface area contributed by atoms with Gasteiger partial charge in [-0.25, -0.2) is 0 Å². The number of aryl methyl sites for hydroxylation is 3. The number of ketones is 1. The van der Waals surface area contributed by atoms with Gasteiger partial charge in [0.25, 0.3) is 0 Å². The number of hydrogen-bond donors (Lipinski definition) is 0. The van der Waals surface area contributed by atoms with Crippen molar-refractivity contribution in [1.82, 2.24) is 0 Å². The highest BCUT2D eigenvalue weighted by Crippen LogP contribution is 2.41. The number of carbonyl (C=O) groups is 2. The largest absolute Gasteiger partial charge is 0.448 e. The molecule has 112 valence electrons. The molecule has 4 nitrogen and oxygen atoms in total. The molecule has 2 saturated heterocycles. The summed E-state index contributed by atoms with van der Waals surface area (Å²) in [5, 5.41) is 0. The third-order valence-corrected chi connectivity index (χ3v) is 4.47. The fourth-order valence-electron chi connectivity index (χ4n) is 3.61. The predicted octanol–water partition coefficient (Wildman–Crippen LogP) is 2.37. The van der Waals surface area contributed by atoms with Crippen LogP contribution in [0.3, 0.4) is 0 Å². The van der Waals surface area contributed by atoms with E-state index < -0.39 is 17.5 Å². The lowest BCUT2D eigenvalue weighted by Crippen LogP contribution is -2.45. The Morgan fingerprint density at radius 3 is 2.38 bits per heavy atom. The molecule has 2 atom stereocenters. The summed E-state index contributed by atoms with van der Waals surface area (Å²) in [5.41, 5.74) is 2.82. The maximum absolute atomic E-state index is 12.9. The molecule has 0 amide bonds. The van der Waals surface area contributed by atoms with Crippen LogP contribution in [0.1, 0.15) is 41.0 Å². The monoisotopic (exact) mass is 288 g/mol. The maximum atomic E-state index is 12.9.